The van der Waals surface area contributed by atoms with Crippen LogP contribution in [-0.2, 0) is 25.6 Å². The molecule has 4 N–H and O–H groups in total. The van der Waals surface area contributed by atoms with Crippen LogP contribution >= 0.6 is 11.6 Å². The van der Waals surface area contributed by atoms with E-state index in [1.165, 1.54) is 11.6 Å². The van der Waals surface area contributed by atoms with Gasteiger partial charge in [0, 0.05) is 41.0 Å². The summed E-state index contributed by atoms with van der Waals surface area (Å²) in [5.41, 5.74) is 5.24. The maximum absolute atomic E-state index is 12.6. The summed E-state index contributed by atoms with van der Waals surface area (Å²) in [5, 5.41) is 14.6. The zero-order chi connectivity index (χ0) is 24.0. The number of hydrogen-bond donors (Lipinski definition) is 4. The number of nitrogens with one attached hydrogen (secondary N) is 3. The number of nitrogens with zero attached hydrogens (tertiary/aromatic N) is 1. The molecule has 33 heavy (non-hydrogen) atoms. The van der Waals surface area contributed by atoms with Gasteiger partial charge in [-0.1, -0.05) is 23.7 Å². The first-order valence-electron chi connectivity index (χ1n) is 9.91. The van der Waals surface area contributed by atoms with Gasteiger partial charge in [0.25, 0.3) is 0 Å². The topological polar surface area (TPSA) is 130 Å². The van der Waals surface area contributed by atoms with E-state index in [-0.39, 0.29) is 18.7 Å². The summed E-state index contributed by atoms with van der Waals surface area (Å²) < 4.78 is 1.40. The third-order valence-electron chi connectivity index (χ3n) is 4.58. The normalized spacial score (nSPS) is 10.4. The van der Waals surface area contributed by atoms with E-state index in [2.05, 4.69) is 16.1 Å². The van der Waals surface area contributed by atoms with Crippen molar-refractivity contribution in [1.29, 1.82) is 0 Å². The van der Waals surface area contributed by atoms with E-state index < -0.39 is 17.8 Å². The fraction of sp³-hybridized carbons (Fsp3) is 0.130. The number of carbonyl (C=O) groups excluding carboxylic acids is 3. The lowest BCUT2D eigenvalue weighted by molar-refractivity contribution is -0.137. The second kappa shape index (κ2) is 10.5. The van der Waals surface area contributed by atoms with E-state index >= 15 is 0 Å². The predicted molar refractivity (Wildman–Crippen MR) is 125 cm³/mol. The SMILES string of the molecule is CC(=O)Nc1ccc(NC(=O)C(=O)Nn2c(CCC(=O)O)ccc2-c2ccc(Cl)cc2)cc1. The van der Waals surface area contributed by atoms with Gasteiger partial charge >= 0.3 is 17.8 Å². The highest BCUT2D eigenvalue weighted by Gasteiger charge is 2.19. The van der Waals surface area contributed by atoms with Crippen molar-refractivity contribution in [2.75, 3.05) is 16.1 Å². The number of carboxylic acids is 1. The summed E-state index contributed by atoms with van der Waals surface area (Å²) in [4.78, 5) is 47.2. The quantitative estimate of drug-likeness (QED) is 0.394. The summed E-state index contributed by atoms with van der Waals surface area (Å²) in [6, 6.07) is 16.5. The Labute approximate surface area is 194 Å². The Morgan fingerprint density at radius 1 is 0.848 bits per heavy atom. The number of aromatic nitrogens is 1. The summed E-state index contributed by atoms with van der Waals surface area (Å²) in [5.74, 6) is -3.07. The molecule has 0 aliphatic heterocycles. The van der Waals surface area contributed by atoms with Gasteiger partial charge in [-0.2, -0.15) is 0 Å². The van der Waals surface area contributed by atoms with Gasteiger partial charge in [-0.15, -0.1) is 0 Å². The van der Waals surface area contributed by atoms with E-state index in [0.29, 0.717) is 27.8 Å². The Morgan fingerprint density at radius 2 is 1.45 bits per heavy atom. The fourth-order valence-corrected chi connectivity index (χ4v) is 3.19. The maximum atomic E-state index is 12.6. The molecule has 1 heterocycles. The molecular weight excluding hydrogens is 448 g/mol. The molecule has 0 fully saturated rings. The first-order chi connectivity index (χ1) is 15.7. The highest BCUT2D eigenvalue weighted by atomic mass is 35.5. The molecule has 0 saturated carbocycles. The van der Waals surface area contributed by atoms with Crippen molar-refractivity contribution >= 4 is 46.7 Å². The number of aryl methyl sites for hydroxylation is 1. The zero-order valence-corrected chi connectivity index (χ0v) is 18.3. The average molecular weight is 469 g/mol. The van der Waals surface area contributed by atoms with Gasteiger partial charge in [0.2, 0.25) is 5.91 Å². The molecule has 3 rings (SSSR count). The van der Waals surface area contributed by atoms with Crippen LogP contribution in [0.3, 0.4) is 0 Å². The zero-order valence-electron chi connectivity index (χ0n) is 17.6. The Hall–Kier alpha value is -4.11. The molecular formula is C23H21ClN4O5. The van der Waals surface area contributed by atoms with Crippen LogP contribution in [0.4, 0.5) is 11.4 Å². The highest BCUT2D eigenvalue weighted by Crippen LogP contribution is 2.24. The number of rotatable bonds is 7. The van der Waals surface area contributed by atoms with Crippen LogP contribution in [0.25, 0.3) is 11.3 Å². The minimum absolute atomic E-state index is 0.146. The smallest absolute Gasteiger partial charge is 0.328 e. The second-order valence-corrected chi connectivity index (χ2v) is 7.54. The number of anilines is 2. The second-order valence-electron chi connectivity index (χ2n) is 7.10. The first-order valence-corrected chi connectivity index (χ1v) is 10.3. The molecule has 0 spiro atoms. The lowest BCUT2D eigenvalue weighted by Gasteiger charge is -2.15. The Morgan fingerprint density at radius 3 is 2.03 bits per heavy atom. The number of benzene rings is 2. The molecule has 10 heteroatoms. The average Bonchev–Trinajstić information content (AvgIpc) is 3.16. The van der Waals surface area contributed by atoms with Crippen LogP contribution in [0.15, 0.2) is 60.7 Å². The largest absolute Gasteiger partial charge is 0.481 e. The van der Waals surface area contributed by atoms with Gasteiger partial charge in [0.1, 0.15) is 0 Å². The molecule has 0 atom stereocenters. The minimum atomic E-state index is -0.984. The number of halogens is 1. The number of hydrogen-bond acceptors (Lipinski definition) is 4. The predicted octanol–water partition coefficient (Wildman–Crippen LogP) is 3.49. The molecule has 9 nitrogen and oxygen atoms in total. The molecule has 0 unspecified atom stereocenters. The van der Waals surface area contributed by atoms with Crippen molar-refractivity contribution in [2.24, 2.45) is 0 Å². The van der Waals surface area contributed by atoms with Crippen molar-refractivity contribution in [3.8, 4) is 11.3 Å². The third kappa shape index (κ3) is 6.44. The van der Waals surface area contributed by atoms with Gasteiger partial charge in [-0.3, -0.25) is 29.3 Å². The fourth-order valence-electron chi connectivity index (χ4n) is 3.07. The van der Waals surface area contributed by atoms with E-state index in [9.17, 15) is 19.2 Å². The van der Waals surface area contributed by atoms with Gasteiger partial charge in [0.15, 0.2) is 0 Å². The number of amides is 3. The Kier molecular flexibility index (Phi) is 7.47. The molecule has 3 amide bonds. The maximum Gasteiger partial charge on any atom is 0.328 e. The summed E-state index contributed by atoms with van der Waals surface area (Å²) in [6.07, 6.45) is 0.00220. The summed E-state index contributed by atoms with van der Waals surface area (Å²) >= 11 is 5.95. The summed E-state index contributed by atoms with van der Waals surface area (Å²) in [6.45, 7) is 1.38. The van der Waals surface area contributed by atoms with E-state index in [1.54, 1.807) is 60.7 Å². The van der Waals surface area contributed by atoms with Crippen LogP contribution in [0, 0.1) is 0 Å². The van der Waals surface area contributed by atoms with Crippen molar-refractivity contribution in [3.63, 3.8) is 0 Å². The van der Waals surface area contributed by atoms with Gasteiger partial charge in [-0.25, -0.2) is 0 Å². The van der Waals surface area contributed by atoms with E-state index in [4.69, 9.17) is 16.7 Å². The van der Waals surface area contributed by atoms with E-state index in [0.717, 1.165) is 5.56 Å². The van der Waals surface area contributed by atoms with Gasteiger partial charge < -0.3 is 15.7 Å². The molecule has 3 aromatic rings. The van der Waals surface area contributed by atoms with Crippen molar-refractivity contribution in [1.82, 2.24) is 4.68 Å². The first kappa shape index (κ1) is 23.6. The number of carboxylic acid groups (broad SMARTS) is 1. The van der Waals surface area contributed by atoms with Crippen molar-refractivity contribution < 1.29 is 24.3 Å². The Bertz CT molecular complexity index is 1190. The third-order valence-corrected chi connectivity index (χ3v) is 4.83. The highest BCUT2D eigenvalue weighted by molar-refractivity contribution is 6.42. The van der Waals surface area contributed by atoms with Crippen LogP contribution < -0.4 is 16.1 Å². The monoisotopic (exact) mass is 468 g/mol. The lowest BCUT2D eigenvalue weighted by Crippen LogP contribution is -2.35. The summed E-state index contributed by atoms with van der Waals surface area (Å²) in [7, 11) is 0. The number of carbonyl (C=O) groups is 4. The van der Waals surface area contributed by atoms with Crippen molar-refractivity contribution in [3.05, 3.63) is 71.4 Å². The molecule has 170 valence electrons. The molecule has 0 bridgehead atoms. The lowest BCUT2D eigenvalue weighted by atomic mass is 10.2. The molecule has 0 aliphatic rings. The molecule has 0 radical (unpaired) electrons. The number of aliphatic carboxylic acids is 1. The molecule has 0 saturated heterocycles. The molecule has 0 aliphatic carbocycles. The van der Waals surface area contributed by atoms with E-state index in [1.807, 2.05) is 0 Å². The van der Waals surface area contributed by atoms with Crippen LogP contribution in [0.5, 0.6) is 0 Å². The van der Waals surface area contributed by atoms with Gasteiger partial charge in [-0.05, 0) is 48.5 Å². The molecule has 1 aromatic heterocycles. The minimum Gasteiger partial charge on any atom is -0.481 e. The van der Waals surface area contributed by atoms with Gasteiger partial charge in [0.05, 0.1) is 12.1 Å². The van der Waals surface area contributed by atoms with Crippen LogP contribution in [-0.4, -0.2) is 33.5 Å². The van der Waals surface area contributed by atoms with Crippen LogP contribution in [0.1, 0.15) is 19.0 Å². The van der Waals surface area contributed by atoms with Crippen molar-refractivity contribution in [2.45, 2.75) is 19.8 Å². The van der Waals surface area contributed by atoms with Crippen LogP contribution in [0.2, 0.25) is 5.02 Å². The molecule has 2 aromatic carbocycles. The Balaban J connectivity index is 1.78. The standard InChI is InChI=1S/C23H21ClN4O5/c1-14(29)25-17-6-8-18(9-7-17)26-22(32)23(33)27-28-19(11-13-21(30)31)10-12-20(28)15-2-4-16(24)5-3-15/h2-10,12H,11,13H2,1H3,(H,25,29)(H,26,32)(H,27,33)(H,30,31).